The lowest BCUT2D eigenvalue weighted by Gasteiger charge is -2.52. The molecule has 0 spiro atoms. The lowest BCUT2D eigenvalue weighted by molar-refractivity contribution is -0.367. The van der Waals surface area contributed by atoms with Gasteiger partial charge in [0.05, 0.1) is 30.5 Å². The number of fused-ring (bicyclic) bond motifs is 1. The molecule has 6 unspecified atom stereocenters. The number of nitrogens with zero attached hydrogens (tertiary/aromatic N) is 1. The van der Waals surface area contributed by atoms with Gasteiger partial charge in [-0.05, 0) is 62.2 Å². The van der Waals surface area contributed by atoms with Gasteiger partial charge < -0.3 is 55.7 Å². The Balaban J connectivity index is 1.30. The predicted octanol–water partition coefficient (Wildman–Crippen LogP) is 0.764. The Kier molecular flexibility index (Phi) is 14.4. The van der Waals surface area contributed by atoms with E-state index in [1.54, 1.807) is 12.8 Å². The van der Waals surface area contributed by atoms with Crippen molar-refractivity contribution in [2.24, 2.45) is 46.2 Å². The van der Waals surface area contributed by atoms with E-state index < -0.39 is 84.7 Å². The van der Waals surface area contributed by atoms with Crippen LogP contribution in [0, 0.1) is 42.1 Å². The van der Waals surface area contributed by atoms with Gasteiger partial charge in [-0.15, -0.1) is 4.99 Å². The largest absolute Gasteiger partial charge is 0.479 e. The number of aliphatic carboxylic acids is 1. The Morgan fingerprint density at radius 1 is 1.04 bits per heavy atom. The Morgan fingerprint density at radius 2 is 1.75 bits per heavy atom. The molecule has 5 rings (SSSR count). The van der Waals surface area contributed by atoms with Crippen molar-refractivity contribution in [1.29, 1.82) is 0 Å². The zero-order valence-electron chi connectivity index (χ0n) is 31.2. The molecule has 2 aliphatic carbocycles. The number of carboxylic acids is 1. The summed E-state index contributed by atoms with van der Waals surface area (Å²) in [6.07, 6.45) is -3.39. The standard InChI is InChI=1S/C38H61N3O12/c1-19(2)5-4-6-20(3)23(15-21-13-14-40-17-21)18-41-36(49)38(50)33(45)30(44)32(35(47)48)53-37(38)51-25-11-12-26-27(16-25)52-31(34(39)46)28(29(26)43)22-7-9-24(42)10-8-22/h13-14,17,19-20,22-33,36-37,41-45,49-50H,4-12,15-16,18H2,1-3H3,(H2-,39,46,47,48)/p+1/t20-,22?,23-,24?,25?,26?,27?,28?,29?,30+,31?,32-,33-,36+,37+,38+/m0/s1. The lowest BCUT2D eigenvalue weighted by atomic mass is 9.66. The summed E-state index contributed by atoms with van der Waals surface area (Å²) in [5.41, 5.74) is 4.08. The minimum atomic E-state index is -2.71. The normalized spacial score (nSPS) is 40.5. The van der Waals surface area contributed by atoms with Crippen LogP contribution in [0.5, 0.6) is 0 Å². The molecule has 300 valence electrons. The van der Waals surface area contributed by atoms with Crippen molar-refractivity contribution < 1.29 is 59.5 Å². The summed E-state index contributed by atoms with van der Waals surface area (Å²) < 4.78 is 18.1. The van der Waals surface area contributed by atoms with E-state index >= 15 is 0 Å². The zero-order chi connectivity index (χ0) is 38.6. The van der Waals surface area contributed by atoms with Gasteiger partial charge in [0.25, 0.3) is 0 Å². The average Bonchev–Trinajstić information content (AvgIpc) is 3.63. The molecule has 3 aliphatic heterocycles. The Labute approximate surface area is 312 Å². The predicted molar refractivity (Wildman–Crippen MR) is 192 cm³/mol. The molecule has 14 atom stereocenters. The van der Waals surface area contributed by atoms with Crippen molar-refractivity contribution in [2.45, 2.75) is 158 Å². The van der Waals surface area contributed by atoms with Gasteiger partial charge >= 0.3 is 5.97 Å². The van der Waals surface area contributed by atoms with Crippen molar-refractivity contribution in [1.82, 2.24) is 5.32 Å². The number of rotatable bonds is 16. The number of aliphatic hydroxyl groups excluding tert-OH is 5. The highest BCUT2D eigenvalue weighted by molar-refractivity contribution is 5.82. The lowest BCUT2D eigenvalue weighted by Crippen LogP contribution is -2.75. The molecule has 0 aromatic rings. The minimum Gasteiger partial charge on any atom is -0.479 e. The molecule has 1 amide bonds. The summed E-state index contributed by atoms with van der Waals surface area (Å²) >= 11 is 0. The van der Waals surface area contributed by atoms with Gasteiger partial charge in [-0.25, -0.2) is 4.79 Å². The minimum absolute atomic E-state index is 0.0202. The molecule has 2 saturated carbocycles. The van der Waals surface area contributed by atoms with Crippen LogP contribution in [0.2, 0.25) is 0 Å². The molecule has 15 heteroatoms. The van der Waals surface area contributed by atoms with Crippen LogP contribution in [-0.4, -0.2) is 127 Å². The number of nitrogens with two attached hydrogens (primary N) is 1. The first kappa shape index (κ1) is 42.0. The molecule has 3 heterocycles. The molecule has 10 N–H and O–H groups in total. The fourth-order valence-electron chi connectivity index (χ4n) is 9.24. The molecule has 0 aromatic heterocycles. The monoisotopic (exact) mass is 752 g/mol. The first-order chi connectivity index (χ1) is 25.1. The second-order valence-electron chi connectivity index (χ2n) is 16.7. The van der Waals surface area contributed by atoms with Crippen molar-refractivity contribution in [3.63, 3.8) is 0 Å². The first-order valence-corrected chi connectivity index (χ1v) is 19.5. The van der Waals surface area contributed by atoms with Crippen molar-refractivity contribution in [3.8, 4) is 0 Å². The van der Waals surface area contributed by atoms with Gasteiger partial charge in [0, 0.05) is 31.2 Å². The highest BCUT2D eigenvalue weighted by Gasteiger charge is 2.62. The second kappa shape index (κ2) is 18.2. The number of aliphatic hydroxyl groups is 6. The highest BCUT2D eigenvalue weighted by Crippen LogP contribution is 2.46. The molecular formula is C38H62N3O12+. The van der Waals surface area contributed by atoms with E-state index in [2.05, 4.69) is 31.1 Å². The van der Waals surface area contributed by atoms with E-state index in [-0.39, 0.29) is 36.6 Å². The molecule has 53 heavy (non-hydrogen) atoms. The number of primary amides is 1. The van der Waals surface area contributed by atoms with Crippen LogP contribution in [0.25, 0.3) is 0 Å². The Bertz CT molecular complexity index is 1290. The number of amides is 1. The number of carbonyl (C=O) groups is 2. The number of hydrogen-bond acceptors (Lipinski definition) is 13. The molecule has 15 nitrogen and oxygen atoms in total. The fourth-order valence-corrected chi connectivity index (χ4v) is 9.24. The van der Waals surface area contributed by atoms with Gasteiger partial charge in [0.2, 0.25) is 5.91 Å². The zero-order valence-corrected chi connectivity index (χ0v) is 31.2. The maximum absolute atomic E-state index is 12.6. The third-order valence-electron chi connectivity index (χ3n) is 12.5. The van der Waals surface area contributed by atoms with Crippen LogP contribution < -0.4 is 11.1 Å². The maximum Gasteiger partial charge on any atom is 0.335 e. The van der Waals surface area contributed by atoms with Crippen molar-refractivity contribution in [3.05, 3.63) is 18.2 Å². The van der Waals surface area contributed by atoms with E-state index in [0.29, 0.717) is 50.9 Å². The summed E-state index contributed by atoms with van der Waals surface area (Å²) in [7, 11) is 0. The van der Waals surface area contributed by atoms with E-state index in [0.717, 1.165) is 24.8 Å². The van der Waals surface area contributed by atoms with Crippen LogP contribution in [0.1, 0.15) is 91.4 Å². The topological polar surface area (TPSA) is 254 Å². The van der Waals surface area contributed by atoms with Crippen molar-refractivity contribution in [2.75, 3.05) is 6.54 Å². The van der Waals surface area contributed by atoms with Crippen LogP contribution in [-0.2, 0) is 23.8 Å². The maximum atomic E-state index is 12.6. The second-order valence-corrected chi connectivity index (χ2v) is 16.7. The highest BCUT2D eigenvalue weighted by atomic mass is 16.7. The molecule has 0 radical (unpaired) electrons. The summed E-state index contributed by atoms with van der Waals surface area (Å²) in [6.45, 7) is 8.38. The number of aliphatic imine (C=N–C) groups is 1. The van der Waals surface area contributed by atoms with E-state index in [1.807, 2.05) is 6.08 Å². The van der Waals surface area contributed by atoms with Gasteiger partial charge in [0.1, 0.15) is 36.7 Å². The molecule has 0 aromatic carbocycles. The summed E-state index contributed by atoms with van der Waals surface area (Å²) in [4.78, 5) is 28.9. The number of carbonyl (C=O) groups excluding carboxylic acids is 1. The van der Waals surface area contributed by atoms with E-state index in [9.17, 15) is 45.3 Å². The van der Waals surface area contributed by atoms with E-state index in [1.165, 1.54) is 0 Å². The van der Waals surface area contributed by atoms with Gasteiger partial charge in [-0.2, -0.15) is 0 Å². The van der Waals surface area contributed by atoms with E-state index in [4.69, 9.17) is 19.9 Å². The third-order valence-corrected chi connectivity index (χ3v) is 12.5. The Hall–Kier alpha value is -2.18. The fraction of sp³-hybridized carbons (Fsp3) is 0.842. The number of carboxylic acid groups (broad SMARTS) is 1. The molecule has 4 fully saturated rings. The van der Waals surface area contributed by atoms with Crippen LogP contribution in [0.4, 0.5) is 0 Å². The number of nitrogens with one attached hydrogen (secondary N) is 1. The first-order valence-electron chi connectivity index (χ1n) is 19.5. The van der Waals surface area contributed by atoms with Gasteiger partial charge in [-0.1, -0.05) is 40.0 Å². The van der Waals surface area contributed by atoms with Crippen molar-refractivity contribution >= 4 is 18.1 Å². The Morgan fingerprint density at radius 3 is 2.38 bits per heavy atom. The quantitative estimate of drug-likeness (QED) is 0.0781. The number of ether oxygens (including phenoxy) is 3. The molecule has 5 aliphatic rings. The average molecular weight is 753 g/mol. The summed E-state index contributed by atoms with van der Waals surface area (Å²) in [5.74, 6) is -2.50. The smallest absolute Gasteiger partial charge is 0.335 e. The molecular weight excluding hydrogens is 690 g/mol. The van der Waals surface area contributed by atoms with Gasteiger partial charge in [0.15, 0.2) is 24.2 Å². The van der Waals surface area contributed by atoms with Crippen LogP contribution >= 0.6 is 0 Å². The number of hydrogen-bond donors (Lipinski definition) is 9. The summed E-state index contributed by atoms with van der Waals surface area (Å²) in [5, 5.41) is 80.0. The number of allylic oxidation sites excluding steroid dienone is 1. The summed E-state index contributed by atoms with van der Waals surface area (Å²) in [6, 6.07) is 0. The SMILES string of the molecule is CC(C)CCC[C@H](C)[C@H](CN[C@H](O)[C@@]1(O)[C@H](OC2CCC3C(C2)OC(C(N)=O)C(C2CCC(O)CC2)C3O)O[C@H](C(=O)O)[C@@H](O)[C@@H]1O)CC1=C[CH+]N=C1. The molecule has 2 saturated heterocycles. The molecule has 0 bridgehead atoms. The van der Waals surface area contributed by atoms with Crippen LogP contribution in [0.3, 0.4) is 0 Å². The third kappa shape index (κ3) is 9.62. The van der Waals surface area contributed by atoms with Gasteiger partial charge in [-0.3, -0.25) is 10.1 Å². The van der Waals surface area contributed by atoms with Crippen LogP contribution in [0.15, 0.2) is 16.6 Å².